The van der Waals surface area contributed by atoms with Gasteiger partial charge in [0.25, 0.3) is 0 Å². The predicted octanol–water partition coefficient (Wildman–Crippen LogP) is -17.0. The SMILES string of the molecule is CO.CO.N#C[S-].N#C[S-].N#C[S-].N#C[S-].[Co+3].[Co+3].[Cu+2].[Cu+2].[Fe+3].[Fe+3].[O-]CCNCC[O-].[O-]CCNCC[O-].[O-]CCNCC[O-].[O-]CCNCC[O-].[O-]CCNCC[O-].[O-]CCNCC[O-]. The van der Waals surface area contributed by atoms with Crippen LogP contribution < -0.4 is 93.2 Å². The molecule has 0 aliphatic carbocycles. The Balaban J connectivity index is -0.0000000229. The number of nitriles is 4. The van der Waals surface area contributed by atoms with Gasteiger partial charge in [-0.2, -0.15) is 0 Å². The molecular weight excluding hydrogens is 1210 g/mol. The van der Waals surface area contributed by atoms with E-state index in [2.05, 4.69) is 82.4 Å². The summed E-state index contributed by atoms with van der Waals surface area (Å²) in [6.45, 7) is 3.36. The number of aliphatic hydroxyl groups excluding tert-OH is 2. The molecule has 0 fully saturated rings. The van der Waals surface area contributed by atoms with Gasteiger partial charge >= 0.3 is 102 Å². The Morgan fingerprint density at radius 2 is 0.344 bits per heavy atom. The second-order valence-corrected chi connectivity index (χ2v) is 8.04. The van der Waals surface area contributed by atoms with Crippen molar-refractivity contribution in [1.82, 2.24) is 31.9 Å². The van der Waals surface area contributed by atoms with Gasteiger partial charge in [0.1, 0.15) is 0 Å². The Bertz CT molecular complexity index is 570. The smallest absolute Gasteiger partial charge is 0.854 e. The molecule has 0 aliphatic heterocycles. The van der Waals surface area contributed by atoms with E-state index in [1.807, 2.05) is 0 Å². The zero-order chi connectivity index (χ0) is 48.0. The first-order chi connectivity index (χ1) is 28.1. The molecule has 0 aromatic carbocycles. The third-order valence-electron chi connectivity index (χ3n) is 3.35. The summed E-state index contributed by atoms with van der Waals surface area (Å²) in [5, 5.41) is 180. The minimum absolute atomic E-state index is 0. The molecule has 396 valence electrons. The van der Waals surface area contributed by atoms with Crippen LogP contribution >= 0.6 is 0 Å². The second kappa shape index (κ2) is 207. The van der Waals surface area contributed by atoms with Gasteiger partial charge in [-0.05, 0) is 78.5 Å². The monoisotopic (exact) mass is 1270 g/mol. The van der Waals surface area contributed by atoms with Crippen LogP contribution in [0.15, 0.2) is 0 Å². The van der Waals surface area contributed by atoms with Gasteiger partial charge in [0, 0.05) is 14.2 Å². The summed E-state index contributed by atoms with van der Waals surface area (Å²) in [4.78, 5) is 0. The van der Waals surface area contributed by atoms with Crippen molar-refractivity contribution in [3.05, 3.63) is 0 Å². The number of thiocyanates is 4. The average molecular weight is 1270 g/mol. The van der Waals surface area contributed by atoms with Crippen molar-refractivity contribution in [3.8, 4) is 21.6 Å². The summed E-state index contributed by atoms with van der Waals surface area (Å²) in [6, 6.07) is 0. The van der Waals surface area contributed by atoms with Gasteiger partial charge in [0.2, 0.25) is 0 Å². The van der Waals surface area contributed by atoms with Crippen molar-refractivity contribution < 1.29 is 173 Å². The molecule has 0 aromatic rings. The molecule has 34 heteroatoms. The zero-order valence-electron chi connectivity index (χ0n) is 35.2. The van der Waals surface area contributed by atoms with Crippen LogP contribution in [-0.2, 0) is 152 Å². The Morgan fingerprint density at radius 1 is 0.297 bits per heavy atom. The first kappa shape index (κ1) is 121. The topological polar surface area (TPSA) is 485 Å². The van der Waals surface area contributed by atoms with E-state index >= 15 is 0 Å². The van der Waals surface area contributed by atoms with Crippen molar-refractivity contribution in [2.75, 3.05) is 172 Å². The summed E-state index contributed by atoms with van der Waals surface area (Å²) in [7, 11) is 2.00. The maximum Gasteiger partial charge on any atom is 3.00 e. The molecule has 0 saturated heterocycles. The van der Waals surface area contributed by atoms with Crippen LogP contribution in [0, 0.1) is 42.7 Å². The Hall–Kier alpha value is 1.13. The van der Waals surface area contributed by atoms with E-state index < -0.39 is 0 Å². The van der Waals surface area contributed by atoms with E-state index in [9.17, 15) is 61.3 Å². The Kier molecular flexibility index (Phi) is 390. The fourth-order valence-corrected chi connectivity index (χ4v) is 1.62. The van der Waals surface area contributed by atoms with Gasteiger partial charge in [0.15, 0.2) is 0 Å². The van der Waals surface area contributed by atoms with E-state index in [0.717, 1.165) is 14.2 Å². The standard InChI is InChI=1S/6C4H9NO2.4CHNS.2CH4O.2Co.2Cu.2Fe/c6*6-3-1-5-2-4-7;4*2-1-3;2*1-2;;;;;;/h6*5H,1-4H2;4*3H;2*2H,1H3;;;;;;/q6*-2;;;;;;;2*+3;2*+2;2*+3/p-4. The molecule has 0 aromatic heterocycles. The number of aliphatic hydroxyl groups is 2. The van der Waals surface area contributed by atoms with Crippen LogP contribution in [0.1, 0.15) is 0 Å². The van der Waals surface area contributed by atoms with Gasteiger partial charge in [-0.25, -0.2) is 21.0 Å². The molecule has 0 spiro atoms. The normalized spacial score (nSPS) is 6.81. The molecule has 0 rings (SSSR count). The molecule has 0 atom stereocenters. The third kappa shape index (κ3) is 386. The van der Waals surface area contributed by atoms with E-state index in [1.54, 1.807) is 0 Å². The first-order valence-corrected chi connectivity index (χ1v) is 17.9. The summed E-state index contributed by atoms with van der Waals surface area (Å²) in [5.74, 6) is 0. The fraction of sp³-hybridized carbons (Fsp3) is 0.867. The zero-order valence-corrected chi connectivity index (χ0v) is 44.6. The average Bonchev–Trinajstić information content (AvgIpc) is 3.23. The molecule has 0 saturated carbocycles. The Labute approximate surface area is 466 Å². The summed E-state index contributed by atoms with van der Waals surface area (Å²) < 4.78 is 0. The molecule has 0 bridgehead atoms. The molecule has 0 heterocycles. The molecule has 0 amide bonds. The van der Waals surface area contributed by atoms with Crippen molar-refractivity contribution in [3.63, 3.8) is 0 Å². The Morgan fingerprint density at radius 3 is 0.375 bits per heavy atom. The molecule has 0 unspecified atom stereocenters. The fourth-order valence-electron chi connectivity index (χ4n) is 1.62. The molecular formula is C30H62Co2Cu2Fe2N10O14S4. The van der Waals surface area contributed by atoms with E-state index in [0.29, 0.717) is 78.5 Å². The molecule has 24 nitrogen and oxygen atoms in total. The number of nitrogens with zero attached hydrogens (tertiary/aromatic N) is 4. The van der Waals surface area contributed by atoms with Gasteiger partial charge < -0.3 is 154 Å². The van der Waals surface area contributed by atoms with Gasteiger partial charge in [-0.15, -0.1) is 79.3 Å². The van der Waals surface area contributed by atoms with Crippen LogP contribution in [0.5, 0.6) is 0 Å². The minimum atomic E-state index is -0.139. The molecule has 64 heavy (non-hydrogen) atoms. The van der Waals surface area contributed by atoms with Crippen molar-refractivity contribution in [2.45, 2.75) is 0 Å². The van der Waals surface area contributed by atoms with Gasteiger partial charge in [-0.1, -0.05) is 21.6 Å². The van der Waals surface area contributed by atoms with Crippen molar-refractivity contribution >= 4 is 50.5 Å². The van der Waals surface area contributed by atoms with Crippen LogP contribution in [0.4, 0.5) is 0 Å². The molecule has 4 radical (unpaired) electrons. The largest absolute Gasteiger partial charge is 3.00 e. The third-order valence-corrected chi connectivity index (χ3v) is 3.35. The number of nitrogens with one attached hydrogen (secondary N) is 6. The summed E-state index contributed by atoms with van der Waals surface area (Å²) in [5.41, 5.74) is 0. The quantitative estimate of drug-likeness (QED) is 0.0193. The number of hydrogen-bond donors (Lipinski definition) is 8. The predicted molar refractivity (Wildman–Crippen MR) is 204 cm³/mol. The van der Waals surface area contributed by atoms with Crippen LogP contribution in [0.2, 0.25) is 0 Å². The van der Waals surface area contributed by atoms with Crippen LogP contribution in [0.25, 0.3) is 0 Å². The maximum atomic E-state index is 9.64. The van der Waals surface area contributed by atoms with Crippen molar-refractivity contribution in [2.24, 2.45) is 0 Å². The van der Waals surface area contributed by atoms with Crippen LogP contribution in [-0.4, -0.2) is 182 Å². The maximum absolute atomic E-state index is 9.64. The van der Waals surface area contributed by atoms with Crippen molar-refractivity contribution in [1.29, 1.82) is 21.0 Å². The number of hydrogen-bond acceptors (Lipinski definition) is 28. The van der Waals surface area contributed by atoms with E-state index in [-0.39, 0.29) is 181 Å². The second-order valence-electron chi connectivity index (χ2n) is 7.31. The van der Waals surface area contributed by atoms with E-state index in [4.69, 9.17) is 31.3 Å². The summed E-state index contributed by atoms with van der Waals surface area (Å²) >= 11 is 14.8. The first-order valence-electron chi connectivity index (χ1n) is 16.3. The minimum Gasteiger partial charge on any atom is -0.854 e. The summed E-state index contributed by atoms with van der Waals surface area (Å²) in [6.07, 6.45) is 0. The van der Waals surface area contributed by atoms with Crippen LogP contribution in [0.3, 0.4) is 0 Å². The molecule has 0 aliphatic rings. The molecule has 8 N–H and O–H groups in total. The van der Waals surface area contributed by atoms with Gasteiger partial charge in [-0.3, -0.25) is 0 Å². The van der Waals surface area contributed by atoms with E-state index in [1.165, 1.54) is 21.6 Å². The van der Waals surface area contributed by atoms with Gasteiger partial charge in [0.05, 0.1) is 0 Å². The number of rotatable bonds is 24.